The lowest BCUT2D eigenvalue weighted by atomic mass is 10.2. The van der Waals surface area contributed by atoms with Gasteiger partial charge in [-0.15, -0.1) is 11.3 Å². The number of hydrogen-bond acceptors (Lipinski definition) is 6. The average molecular weight is 436 g/mol. The Kier molecular flexibility index (Phi) is 6.11. The van der Waals surface area contributed by atoms with Crippen molar-refractivity contribution in [3.05, 3.63) is 67.2 Å². The molecule has 0 spiro atoms. The lowest BCUT2D eigenvalue weighted by Crippen LogP contribution is -2.13. The molecule has 2 heterocycles. The number of hydrogen-bond donors (Lipinski definition) is 1. The number of alkyl halides is 2. The van der Waals surface area contributed by atoms with Gasteiger partial charge in [-0.3, -0.25) is 19.6 Å². The van der Waals surface area contributed by atoms with Crippen molar-refractivity contribution in [2.45, 2.75) is 33.9 Å². The molecule has 3 aromatic rings. The third-order valence-electron chi connectivity index (χ3n) is 4.34. The predicted molar refractivity (Wildman–Crippen MR) is 108 cm³/mol. The number of carbonyl (C=O) groups excluding carboxylic acids is 1. The van der Waals surface area contributed by atoms with Crippen molar-refractivity contribution in [3.8, 4) is 5.75 Å². The van der Waals surface area contributed by atoms with Crippen LogP contribution in [0.3, 0.4) is 0 Å². The number of benzene rings is 1. The summed E-state index contributed by atoms with van der Waals surface area (Å²) in [5, 5.41) is 19.6. The van der Waals surface area contributed by atoms with Crippen molar-refractivity contribution in [1.82, 2.24) is 9.78 Å². The van der Waals surface area contributed by atoms with E-state index in [2.05, 4.69) is 15.2 Å². The summed E-state index contributed by atoms with van der Waals surface area (Å²) in [4.78, 5) is 23.6. The van der Waals surface area contributed by atoms with Crippen molar-refractivity contribution >= 4 is 28.6 Å². The number of nitrogens with zero attached hydrogens (tertiary/aromatic N) is 3. The second-order valence-electron chi connectivity index (χ2n) is 6.59. The highest BCUT2D eigenvalue weighted by molar-refractivity contribution is 7.12. The zero-order valence-corrected chi connectivity index (χ0v) is 17.1. The number of carbonyl (C=O) groups is 1. The van der Waals surface area contributed by atoms with Crippen molar-refractivity contribution in [2.24, 2.45) is 0 Å². The minimum absolute atomic E-state index is 0.0332. The summed E-state index contributed by atoms with van der Waals surface area (Å²) < 4.78 is 31.3. The van der Waals surface area contributed by atoms with Gasteiger partial charge in [-0.1, -0.05) is 6.07 Å². The third-order valence-corrected chi connectivity index (χ3v) is 5.31. The van der Waals surface area contributed by atoms with Gasteiger partial charge in [-0.05, 0) is 55.5 Å². The van der Waals surface area contributed by atoms with Gasteiger partial charge in [0.15, 0.2) is 0 Å². The fourth-order valence-electron chi connectivity index (χ4n) is 2.97. The minimum atomic E-state index is -3.01. The highest BCUT2D eigenvalue weighted by atomic mass is 32.1. The molecular weight excluding hydrogens is 418 g/mol. The molecule has 0 aliphatic carbocycles. The van der Waals surface area contributed by atoms with E-state index in [0.717, 1.165) is 5.56 Å². The molecule has 158 valence electrons. The van der Waals surface area contributed by atoms with Gasteiger partial charge in [0.05, 0.1) is 22.0 Å². The van der Waals surface area contributed by atoms with Gasteiger partial charge in [0.25, 0.3) is 5.91 Å². The molecular formula is C19H18F2N4O4S. The smallest absolute Gasteiger partial charge is 0.387 e. The summed E-state index contributed by atoms with van der Waals surface area (Å²) in [6.07, 6.45) is 0. The number of aryl methyl sites for hydroxylation is 2. The highest BCUT2D eigenvalue weighted by Crippen LogP contribution is 2.29. The number of amides is 1. The molecule has 0 unspecified atom stereocenters. The van der Waals surface area contributed by atoms with Gasteiger partial charge in [0.1, 0.15) is 17.1 Å². The third kappa shape index (κ3) is 4.62. The Morgan fingerprint density at radius 2 is 2.07 bits per heavy atom. The number of anilines is 1. The van der Waals surface area contributed by atoms with Gasteiger partial charge < -0.3 is 10.1 Å². The average Bonchev–Trinajstić information content (AvgIpc) is 3.21. The molecule has 0 radical (unpaired) electrons. The Morgan fingerprint density at radius 1 is 1.33 bits per heavy atom. The molecule has 3 rings (SSSR count). The standard InChI is InChI=1S/C19H18F2N4O4S/c1-10-4-5-14(15(6-10)29-19(20)21)22-18(26)16-7-13(9-30-16)8-24-12(3)17(25(27)28)11(2)23-24/h4-7,9,19H,8H2,1-3H3,(H,22,26). The van der Waals surface area contributed by atoms with Crippen LogP contribution in [0.25, 0.3) is 0 Å². The van der Waals surface area contributed by atoms with E-state index >= 15 is 0 Å². The van der Waals surface area contributed by atoms with E-state index in [9.17, 15) is 23.7 Å². The van der Waals surface area contributed by atoms with Crippen LogP contribution in [0.2, 0.25) is 0 Å². The van der Waals surface area contributed by atoms with Crippen LogP contribution >= 0.6 is 11.3 Å². The molecule has 0 saturated heterocycles. The molecule has 0 saturated carbocycles. The summed E-state index contributed by atoms with van der Waals surface area (Å²) in [7, 11) is 0. The predicted octanol–water partition coefficient (Wildman–Crippen LogP) is 4.68. The maximum absolute atomic E-state index is 12.6. The van der Waals surface area contributed by atoms with Crippen molar-refractivity contribution in [1.29, 1.82) is 0 Å². The number of rotatable bonds is 7. The van der Waals surface area contributed by atoms with Crippen LogP contribution in [-0.2, 0) is 6.54 Å². The molecule has 0 atom stereocenters. The normalized spacial score (nSPS) is 11.0. The lowest BCUT2D eigenvalue weighted by molar-refractivity contribution is -0.386. The van der Waals surface area contributed by atoms with Crippen LogP contribution in [0, 0.1) is 30.9 Å². The van der Waals surface area contributed by atoms with Crippen molar-refractivity contribution in [3.63, 3.8) is 0 Å². The molecule has 2 aromatic heterocycles. The van der Waals surface area contributed by atoms with Gasteiger partial charge >= 0.3 is 12.3 Å². The quantitative estimate of drug-likeness (QED) is 0.428. The van der Waals surface area contributed by atoms with E-state index in [-0.39, 0.29) is 23.7 Å². The molecule has 11 heteroatoms. The van der Waals surface area contributed by atoms with Gasteiger partial charge in [0.2, 0.25) is 0 Å². The molecule has 1 amide bonds. The second-order valence-corrected chi connectivity index (χ2v) is 7.50. The Labute approximate surface area is 174 Å². The van der Waals surface area contributed by atoms with E-state index in [4.69, 9.17) is 0 Å². The number of halogens is 2. The number of nitro groups is 1. The topological polar surface area (TPSA) is 99.3 Å². The van der Waals surface area contributed by atoms with E-state index < -0.39 is 17.4 Å². The molecule has 1 aromatic carbocycles. The van der Waals surface area contributed by atoms with E-state index in [1.165, 1.54) is 28.2 Å². The number of nitrogens with one attached hydrogen (secondary N) is 1. The molecule has 0 bridgehead atoms. The Bertz CT molecular complexity index is 1110. The second kappa shape index (κ2) is 8.57. The summed E-state index contributed by atoms with van der Waals surface area (Å²) >= 11 is 1.17. The van der Waals surface area contributed by atoms with Crippen LogP contribution in [0.1, 0.15) is 32.2 Å². The van der Waals surface area contributed by atoms with Crippen LogP contribution in [0.15, 0.2) is 29.6 Å². The van der Waals surface area contributed by atoms with Gasteiger partial charge in [-0.25, -0.2) is 0 Å². The van der Waals surface area contributed by atoms with Gasteiger partial charge in [0, 0.05) is 0 Å². The Morgan fingerprint density at radius 3 is 2.70 bits per heavy atom. The van der Waals surface area contributed by atoms with E-state index in [1.54, 1.807) is 38.3 Å². The maximum Gasteiger partial charge on any atom is 0.387 e. The SMILES string of the molecule is Cc1ccc(NC(=O)c2cc(Cn3nc(C)c([N+](=O)[O-])c3C)cs2)c(OC(F)F)c1. The lowest BCUT2D eigenvalue weighted by Gasteiger charge is -2.12. The fourth-order valence-corrected chi connectivity index (χ4v) is 3.76. The van der Waals surface area contributed by atoms with Crippen LogP contribution in [0.5, 0.6) is 5.75 Å². The van der Waals surface area contributed by atoms with E-state index in [1.807, 2.05) is 0 Å². The first kappa shape index (κ1) is 21.4. The largest absolute Gasteiger partial charge is 0.433 e. The summed E-state index contributed by atoms with van der Waals surface area (Å²) in [6, 6.07) is 6.21. The fraction of sp³-hybridized carbons (Fsp3) is 0.263. The zero-order valence-electron chi connectivity index (χ0n) is 16.3. The van der Waals surface area contributed by atoms with Gasteiger partial charge in [-0.2, -0.15) is 13.9 Å². The van der Waals surface area contributed by atoms with Crippen LogP contribution in [-0.4, -0.2) is 27.2 Å². The molecule has 0 aliphatic heterocycles. The first-order valence-electron chi connectivity index (χ1n) is 8.78. The first-order chi connectivity index (χ1) is 14.2. The van der Waals surface area contributed by atoms with Crippen LogP contribution in [0.4, 0.5) is 20.2 Å². The van der Waals surface area contributed by atoms with Crippen molar-refractivity contribution < 1.29 is 23.2 Å². The highest BCUT2D eigenvalue weighted by Gasteiger charge is 2.22. The minimum Gasteiger partial charge on any atom is -0.433 e. The van der Waals surface area contributed by atoms with Crippen LogP contribution < -0.4 is 10.1 Å². The Hall–Kier alpha value is -3.34. The zero-order chi connectivity index (χ0) is 22.0. The molecule has 8 nitrogen and oxygen atoms in total. The first-order valence-corrected chi connectivity index (χ1v) is 9.66. The summed E-state index contributed by atoms with van der Waals surface area (Å²) in [5.74, 6) is -0.598. The Balaban J connectivity index is 1.77. The molecule has 0 aliphatic rings. The number of thiophene rings is 1. The number of aromatic nitrogens is 2. The van der Waals surface area contributed by atoms with Crippen molar-refractivity contribution in [2.75, 3.05) is 5.32 Å². The maximum atomic E-state index is 12.6. The molecule has 1 N–H and O–H groups in total. The summed E-state index contributed by atoms with van der Waals surface area (Å²) in [5.41, 5.74) is 2.28. The monoisotopic (exact) mass is 436 g/mol. The molecule has 30 heavy (non-hydrogen) atoms. The summed E-state index contributed by atoms with van der Waals surface area (Å²) in [6.45, 7) is 2.14. The van der Waals surface area contributed by atoms with E-state index in [0.29, 0.717) is 21.8 Å². The molecule has 0 fully saturated rings. The number of ether oxygens (including phenoxy) is 1.